The minimum atomic E-state index is 0. The van der Waals surface area contributed by atoms with Gasteiger partial charge in [0.2, 0.25) is 0 Å². The summed E-state index contributed by atoms with van der Waals surface area (Å²) < 4.78 is 5.69. The zero-order chi connectivity index (χ0) is 20.8. The number of nitrogens with zero attached hydrogens (tertiary/aromatic N) is 3. The minimum Gasteiger partial charge on any atom is -0.381 e. The van der Waals surface area contributed by atoms with Gasteiger partial charge in [0.25, 0.3) is 0 Å². The van der Waals surface area contributed by atoms with Crippen LogP contribution < -0.4 is 10.6 Å². The summed E-state index contributed by atoms with van der Waals surface area (Å²) in [5, 5.41) is 7.39. The minimum absolute atomic E-state index is 0. The summed E-state index contributed by atoms with van der Waals surface area (Å²) in [6.07, 6.45) is 6.03. The summed E-state index contributed by atoms with van der Waals surface area (Å²) in [6, 6.07) is 11.8. The Labute approximate surface area is 205 Å². The topological polar surface area (TPSA) is 52.1 Å². The third-order valence-corrected chi connectivity index (χ3v) is 7.28. The van der Waals surface area contributed by atoms with Crippen molar-refractivity contribution in [2.75, 3.05) is 46.4 Å². The summed E-state index contributed by atoms with van der Waals surface area (Å²) in [6.45, 7) is 9.56. The Morgan fingerprint density at radius 1 is 1.16 bits per heavy atom. The first-order valence-electron chi connectivity index (χ1n) is 11.8. The van der Waals surface area contributed by atoms with Crippen LogP contribution in [-0.2, 0) is 11.3 Å². The molecule has 174 valence electrons. The molecule has 1 aromatic carbocycles. The molecule has 0 aliphatic carbocycles. The normalized spacial score (nSPS) is 27.1. The van der Waals surface area contributed by atoms with Crippen LogP contribution in [0.2, 0.25) is 0 Å². The quantitative estimate of drug-likeness (QED) is 0.330. The fourth-order valence-electron chi connectivity index (χ4n) is 5.43. The van der Waals surface area contributed by atoms with Crippen molar-refractivity contribution in [3.8, 4) is 0 Å². The largest absolute Gasteiger partial charge is 0.381 e. The first-order chi connectivity index (χ1) is 14.7. The van der Waals surface area contributed by atoms with Crippen molar-refractivity contribution < 1.29 is 4.74 Å². The van der Waals surface area contributed by atoms with Crippen LogP contribution in [0.4, 0.5) is 0 Å². The van der Waals surface area contributed by atoms with Crippen LogP contribution in [0.3, 0.4) is 0 Å². The standard InChI is InChI=1S/C24H39N5O.HI/c1-20-16-22(18-28(20)17-21-8-4-3-5-9-21)27-23(25-2)26-19-24(10-14-30-15-11-24)29-12-6-7-13-29;/h3-5,8-9,20,22H,6-7,10-19H2,1-2H3,(H2,25,26,27);1H. The van der Waals surface area contributed by atoms with Gasteiger partial charge < -0.3 is 15.4 Å². The van der Waals surface area contributed by atoms with E-state index in [9.17, 15) is 0 Å². The number of guanidine groups is 1. The summed E-state index contributed by atoms with van der Waals surface area (Å²) in [7, 11) is 1.89. The van der Waals surface area contributed by atoms with Gasteiger partial charge in [-0.3, -0.25) is 14.8 Å². The SMILES string of the molecule is CN=C(NCC1(N2CCCC2)CCOCC1)NC1CC(C)N(Cc2ccccc2)C1.I. The molecule has 7 heteroatoms. The first kappa shape index (κ1) is 24.7. The van der Waals surface area contributed by atoms with Crippen LogP contribution in [0.5, 0.6) is 0 Å². The predicted octanol–water partition coefficient (Wildman–Crippen LogP) is 3.08. The monoisotopic (exact) mass is 541 g/mol. The molecule has 3 fully saturated rings. The number of hydrogen-bond donors (Lipinski definition) is 2. The van der Waals surface area contributed by atoms with Crippen LogP contribution >= 0.6 is 24.0 Å². The van der Waals surface area contributed by atoms with E-state index in [4.69, 9.17) is 4.74 Å². The maximum Gasteiger partial charge on any atom is 0.191 e. The van der Waals surface area contributed by atoms with Gasteiger partial charge in [-0.05, 0) is 57.7 Å². The number of hydrogen-bond acceptors (Lipinski definition) is 4. The molecular weight excluding hydrogens is 501 g/mol. The van der Waals surface area contributed by atoms with Crippen molar-refractivity contribution in [3.05, 3.63) is 35.9 Å². The summed E-state index contributed by atoms with van der Waals surface area (Å²) in [5.41, 5.74) is 1.61. The fraction of sp³-hybridized carbons (Fsp3) is 0.708. The summed E-state index contributed by atoms with van der Waals surface area (Å²) in [4.78, 5) is 9.83. The Morgan fingerprint density at radius 2 is 1.87 bits per heavy atom. The molecule has 0 amide bonds. The Kier molecular flexibility index (Phi) is 9.43. The van der Waals surface area contributed by atoms with Gasteiger partial charge in [-0.25, -0.2) is 0 Å². The number of halogens is 1. The highest BCUT2D eigenvalue weighted by atomic mass is 127. The van der Waals surface area contributed by atoms with Crippen molar-refractivity contribution in [2.24, 2.45) is 4.99 Å². The highest BCUT2D eigenvalue weighted by Gasteiger charge is 2.40. The molecule has 3 aliphatic rings. The van der Waals surface area contributed by atoms with E-state index in [-0.39, 0.29) is 29.5 Å². The molecule has 2 N–H and O–H groups in total. The highest BCUT2D eigenvalue weighted by Crippen LogP contribution is 2.30. The van der Waals surface area contributed by atoms with Crippen LogP contribution in [-0.4, -0.2) is 79.8 Å². The van der Waals surface area contributed by atoms with Gasteiger partial charge in [-0.2, -0.15) is 0 Å². The maximum atomic E-state index is 5.69. The molecule has 1 aromatic rings. The highest BCUT2D eigenvalue weighted by molar-refractivity contribution is 14.0. The second-order valence-electron chi connectivity index (χ2n) is 9.30. The second kappa shape index (κ2) is 11.8. The van der Waals surface area contributed by atoms with Crippen molar-refractivity contribution in [1.29, 1.82) is 0 Å². The molecule has 2 unspecified atom stereocenters. The first-order valence-corrected chi connectivity index (χ1v) is 11.8. The zero-order valence-electron chi connectivity index (χ0n) is 19.2. The lowest BCUT2D eigenvalue weighted by atomic mass is 9.88. The van der Waals surface area contributed by atoms with E-state index in [2.05, 4.69) is 62.7 Å². The number of benzene rings is 1. The van der Waals surface area contributed by atoms with E-state index in [1.807, 2.05) is 7.05 Å². The molecule has 2 atom stereocenters. The molecule has 0 aromatic heterocycles. The third kappa shape index (κ3) is 6.33. The smallest absolute Gasteiger partial charge is 0.191 e. The fourth-order valence-corrected chi connectivity index (χ4v) is 5.43. The van der Waals surface area contributed by atoms with E-state index >= 15 is 0 Å². The molecule has 3 saturated heterocycles. The molecule has 0 saturated carbocycles. The average molecular weight is 542 g/mol. The zero-order valence-corrected chi connectivity index (χ0v) is 21.5. The molecule has 6 nitrogen and oxygen atoms in total. The number of rotatable bonds is 6. The Balaban J connectivity index is 0.00000272. The lowest BCUT2D eigenvalue weighted by Crippen LogP contribution is -2.59. The molecule has 31 heavy (non-hydrogen) atoms. The van der Waals surface area contributed by atoms with Gasteiger partial charge in [0, 0.05) is 57.5 Å². The lowest BCUT2D eigenvalue weighted by molar-refractivity contribution is -0.0164. The van der Waals surface area contributed by atoms with Crippen molar-refractivity contribution >= 4 is 29.9 Å². The van der Waals surface area contributed by atoms with Gasteiger partial charge in [0.15, 0.2) is 5.96 Å². The number of aliphatic imine (C=N–C) groups is 1. The lowest BCUT2D eigenvalue weighted by Gasteiger charge is -2.45. The summed E-state index contributed by atoms with van der Waals surface area (Å²) >= 11 is 0. The number of likely N-dealkylation sites (tertiary alicyclic amines) is 2. The van der Waals surface area contributed by atoms with Gasteiger partial charge >= 0.3 is 0 Å². The van der Waals surface area contributed by atoms with E-state index < -0.39 is 0 Å². The molecule has 0 spiro atoms. The molecule has 0 radical (unpaired) electrons. The van der Waals surface area contributed by atoms with Crippen LogP contribution in [0, 0.1) is 0 Å². The molecule has 4 rings (SSSR count). The van der Waals surface area contributed by atoms with Crippen LogP contribution in [0.25, 0.3) is 0 Å². The average Bonchev–Trinajstić information content (AvgIpc) is 3.43. The Bertz CT molecular complexity index is 688. The van der Waals surface area contributed by atoms with Crippen molar-refractivity contribution in [3.63, 3.8) is 0 Å². The number of ether oxygens (including phenoxy) is 1. The van der Waals surface area contributed by atoms with Crippen LogP contribution in [0.1, 0.15) is 44.6 Å². The molecule has 3 heterocycles. The second-order valence-corrected chi connectivity index (χ2v) is 9.30. The predicted molar refractivity (Wildman–Crippen MR) is 138 cm³/mol. The van der Waals surface area contributed by atoms with Crippen LogP contribution in [0.15, 0.2) is 35.3 Å². The van der Waals surface area contributed by atoms with Gasteiger partial charge in [-0.1, -0.05) is 30.3 Å². The van der Waals surface area contributed by atoms with E-state index in [1.165, 1.54) is 31.5 Å². The van der Waals surface area contributed by atoms with Gasteiger partial charge in [-0.15, -0.1) is 24.0 Å². The van der Waals surface area contributed by atoms with Crippen molar-refractivity contribution in [2.45, 2.75) is 63.2 Å². The van der Waals surface area contributed by atoms with E-state index in [0.29, 0.717) is 12.1 Å². The third-order valence-electron chi connectivity index (χ3n) is 7.28. The Hall–Kier alpha value is -0.900. The maximum absolute atomic E-state index is 5.69. The number of nitrogens with one attached hydrogen (secondary N) is 2. The van der Waals surface area contributed by atoms with Gasteiger partial charge in [0.05, 0.1) is 0 Å². The molecular formula is C24H40IN5O. The Morgan fingerprint density at radius 3 is 2.55 bits per heavy atom. The molecule has 0 bridgehead atoms. The van der Waals surface area contributed by atoms with E-state index in [0.717, 1.165) is 58.1 Å². The summed E-state index contributed by atoms with van der Waals surface area (Å²) in [5.74, 6) is 0.943. The molecule has 3 aliphatic heterocycles. The van der Waals surface area contributed by atoms with Crippen molar-refractivity contribution in [1.82, 2.24) is 20.4 Å². The van der Waals surface area contributed by atoms with Gasteiger partial charge in [0.1, 0.15) is 0 Å². The van der Waals surface area contributed by atoms with E-state index in [1.54, 1.807) is 0 Å².